The van der Waals surface area contributed by atoms with Crippen LogP contribution in [0.2, 0.25) is 0 Å². The molecule has 28 heavy (non-hydrogen) atoms. The summed E-state index contributed by atoms with van der Waals surface area (Å²) in [5.74, 6) is -1.02. The lowest BCUT2D eigenvalue weighted by molar-refractivity contribution is -0.126. The second-order valence-corrected chi connectivity index (χ2v) is 7.77. The number of ether oxygens (including phenoxy) is 1. The molecular formula is C20H27FN4O3. The van der Waals surface area contributed by atoms with Crippen molar-refractivity contribution in [3.63, 3.8) is 0 Å². The monoisotopic (exact) mass is 390 g/mol. The summed E-state index contributed by atoms with van der Waals surface area (Å²) < 4.78 is 19.7. The molecule has 0 bridgehead atoms. The first kappa shape index (κ1) is 19.3. The Labute approximate surface area is 164 Å². The maximum absolute atomic E-state index is 14.6. The molecule has 0 spiro atoms. The summed E-state index contributed by atoms with van der Waals surface area (Å²) in [6.07, 6.45) is 5.63. The number of nitrogens with one attached hydrogen (secondary N) is 1. The van der Waals surface area contributed by atoms with Gasteiger partial charge in [0.2, 0.25) is 5.91 Å². The lowest BCUT2D eigenvalue weighted by atomic mass is 9.90. The van der Waals surface area contributed by atoms with Gasteiger partial charge in [0.05, 0.1) is 12.3 Å². The summed E-state index contributed by atoms with van der Waals surface area (Å²) in [5.41, 5.74) is 6.52. The van der Waals surface area contributed by atoms with E-state index in [0.29, 0.717) is 30.9 Å². The number of anilines is 2. The van der Waals surface area contributed by atoms with Crippen molar-refractivity contribution < 1.29 is 18.7 Å². The minimum atomic E-state index is -0.546. The van der Waals surface area contributed by atoms with Gasteiger partial charge in [-0.05, 0) is 43.9 Å². The molecule has 1 heterocycles. The van der Waals surface area contributed by atoms with Crippen molar-refractivity contribution in [2.75, 3.05) is 36.5 Å². The van der Waals surface area contributed by atoms with E-state index in [-0.39, 0.29) is 30.7 Å². The second-order valence-electron chi connectivity index (χ2n) is 7.77. The molecule has 152 valence electrons. The van der Waals surface area contributed by atoms with Crippen molar-refractivity contribution in [3.05, 3.63) is 24.0 Å². The van der Waals surface area contributed by atoms with Gasteiger partial charge in [-0.15, -0.1) is 0 Å². The minimum absolute atomic E-state index is 0.0473. The number of hydrogen-bond acceptors (Lipinski definition) is 5. The molecule has 1 aromatic carbocycles. The van der Waals surface area contributed by atoms with Crippen LogP contribution in [0, 0.1) is 5.82 Å². The highest BCUT2D eigenvalue weighted by Gasteiger charge is 2.42. The molecule has 1 aromatic rings. The number of morpholine rings is 1. The van der Waals surface area contributed by atoms with Crippen LogP contribution in [-0.4, -0.2) is 61.1 Å². The predicted octanol–water partition coefficient (Wildman–Crippen LogP) is 1.47. The van der Waals surface area contributed by atoms with Gasteiger partial charge in [0.25, 0.3) is 5.91 Å². The number of amides is 2. The molecule has 3 N–H and O–H groups in total. The van der Waals surface area contributed by atoms with Crippen LogP contribution in [0.1, 0.15) is 32.1 Å². The zero-order valence-electron chi connectivity index (χ0n) is 15.9. The minimum Gasteiger partial charge on any atom is -0.370 e. The number of nitrogens with two attached hydrogens (primary N) is 1. The maximum atomic E-state index is 14.6. The summed E-state index contributed by atoms with van der Waals surface area (Å²) in [4.78, 5) is 28.4. The first-order chi connectivity index (χ1) is 13.6. The van der Waals surface area contributed by atoms with Crippen molar-refractivity contribution in [3.8, 4) is 0 Å². The fraction of sp³-hybridized carbons (Fsp3) is 0.600. The van der Waals surface area contributed by atoms with Gasteiger partial charge in [-0.1, -0.05) is 6.42 Å². The molecule has 3 aliphatic rings. The molecule has 0 unspecified atom stereocenters. The fourth-order valence-corrected chi connectivity index (χ4v) is 4.03. The van der Waals surface area contributed by atoms with E-state index in [9.17, 15) is 14.0 Å². The number of benzene rings is 1. The van der Waals surface area contributed by atoms with Crippen LogP contribution < -0.4 is 16.0 Å². The van der Waals surface area contributed by atoms with Gasteiger partial charge in [0.1, 0.15) is 18.5 Å². The van der Waals surface area contributed by atoms with Gasteiger partial charge >= 0.3 is 0 Å². The van der Waals surface area contributed by atoms with Crippen LogP contribution in [0.25, 0.3) is 0 Å². The van der Waals surface area contributed by atoms with E-state index in [1.165, 1.54) is 23.5 Å². The summed E-state index contributed by atoms with van der Waals surface area (Å²) in [5, 5.41) is 2.81. The van der Waals surface area contributed by atoms with Crippen LogP contribution in [0.3, 0.4) is 0 Å². The second kappa shape index (κ2) is 8.14. The highest BCUT2D eigenvalue weighted by molar-refractivity contribution is 5.97. The van der Waals surface area contributed by atoms with Crippen molar-refractivity contribution in [1.82, 2.24) is 4.90 Å². The Balaban J connectivity index is 1.46. The van der Waals surface area contributed by atoms with Gasteiger partial charge in [-0.3, -0.25) is 14.5 Å². The molecule has 2 aliphatic carbocycles. The molecule has 1 saturated heterocycles. The topological polar surface area (TPSA) is 87.9 Å². The van der Waals surface area contributed by atoms with Crippen LogP contribution in [0.15, 0.2) is 18.2 Å². The molecule has 8 heteroatoms. The van der Waals surface area contributed by atoms with Gasteiger partial charge in [-0.2, -0.15) is 0 Å². The lowest BCUT2D eigenvalue weighted by Gasteiger charge is -2.41. The Morgan fingerprint density at radius 3 is 2.64 bits per heavy atom. The zero-order valence-corrected chi connectivity index (χ0v) is 15.9. The quantitative estimate of drug-likeness (QED) is 0.736. The third-order valence-corrected chi connectivity index (χ3v) is 5.84. The lowest BCUT2D eigenvalue weighted by Crippen LogP contribution is -2.55. The zero-order chi connectivity index (χ0) is 19.7. The smallest absolute Gasteiger partial charge is 0.253 e. The Kier molecular flexibility index (Phi) is 5.61. The maximum Gasteiger partial charge on any atom is 0.253 e. The predicted molar refractivity (Wildman–Crippen MR) is 104 cm³/mol. The van der Waals surface area contributed by atoms with Crippen molar-refractivity contribution in [2.45, 2.75) is 50.2 Å². The highest BCUT2D eigenvalue weighted by atomic mass is 19.1. The van der Waals surface area contributed by atoms with Gasteiger partial charge in [-0.25, -0.2) is 4.39 Å². The molecule has 1 aliphatic heterocycles. The van der Waals surface area contributed by atoms with E-state index in [2.05, 4.69) is 10.2 Å². The van der Waals surface area contributed by atoms with E-state index in [1.807, 2.05) is 0 Å². The molecule has 3 fully saturated rings. The van der Waals surface area contributed by atoms with Gasteiger partial charge in [0.15, 0.2) is 0 Å². The molecular weight excluding hydrogens is 363 g/mol. The van der Waals surface area contributed by atoms with E-state index < -0.39 is 11.9 Å². The first-order valence-electron chi connectivity index (χ1n) is 10.0. The van der Waals surface area contributed by atoms with Crippen LogP contribution in [0.4, 0.5) is 15.8 Å². The van der Waals surface area contributed by atoms with E-state index in [1.54, 1.807) is 6.07 Å². The molecule has 2 amide bonds. The van der Waals surface area contributed by atoms with E-state index in [4.69, 9.17) is 10.5 Å². The molecule has 0 aromatic heterocycles. The van der Waals surface area contributed by atoms with Gasteiger partial charge in [0, 0.05) is 30.9 Å². The Bertz CT molecular complexity index is 751. The van der Waals surface area contributed by atoms with Crippen LogP contribution in [-0.2, 0) is 14.3 Å². The number of halogens is 1. The first-order valence-corrected chi connectivity index (χ1v) is 10.0. The average Bonchev–Trinajstić information content (AvgIpc) is 3.46. The van der Waals surface area contributed by atoms with Crippen LogP contribution in [0.5, 0.6) is 0 Å². The number of rotatable bonds is 7. The SMILES string of the molecule is NC[C@H](C(=O)Nc1ccc(N2CCOCC2=O)c(F)c1)N(C1CCC1)C1CC1. The Morgan fingerprint density at radius 2 is 2.07 bits per heavy atom. The summed E-state index contributed by atoms with van der Waals surface area (Å²) in [6, 6.07) is 4.87. The summed E-state index contributed by atoms with van der Waals surface area (Å²) >= 11 is 0. The van der Waals surface area contributed by atoms with Gasteiger partial charge < -0.3 is 20.7 Å². The highest BCUT2D eigenvalue weighted by Crippen LogP contribution is 2.37. The van der Waals surface area contributed by atoms with Crippen molar-refractivity contribution in [1.29, 1.82) is 0 Å². The summed E-state index contributed by atoms with van der Waals surface area (Å²) in [7, 11) is 0. The average molecular weight is 390 g/mol. The normalized spacial score (nSPS) is 21.5. The fourth-order valence-electron chi connectivity index (χ4n) is 4.03. The number of hydrogen-bond donors (Lipinski definition) is 2. The van der Waals surface area contributed by atoms with E-state index in [0.717, 1.165) is 25.7 Å². The molecule has 7 nitrogen and oxygen atoms in total. The molecule has 4 rings (SSSR count). The third kappa shape index (κ3) is 3.90. The largest absolute Gasteiger partial charge is 0.370 e. The number of carbonyl (C=O) groups is 2. The number of carbonyl (C=O) groups excluding carboxylic acids is 2. The molecule has 1 atom stereocenters. The van der Waals surface area contributed by atoms with E-state index >= 15 is 0 Å². The Hall–Kier alpha value is -2.03. The summed E-state index contributed by atoms with van der Waals surface area (Å²) in [6.45, 7) is 0.879. The van der Waals surface area contributed by atoms with Crippen molar-refractivity contribution in [2.24, 2.45) is 5.73 Å². The molecule has 0 radical (unpaired) electrons. The number of nitrogens with zero attached hydrogens (tertiary/aromatic N) is 2. The Morgan fingerprint density at radius 1 is 1.32 bits per heavy atom. The standard InChI is InChI=1S/C20H27FN4O3/c21-16-10-13(4-7-17(16)24-8-9-28-12-19(24)26)23-20(27)18(11-22)25(15-5-6-15)14-2-1-3-14/h4,7,10,14-15,18H,1-3,5-6,8-9,11-12,22H2,(H,23,27)/t18-/m1/s1. The van der Waals surface area contributed by atoms with Crippen LogP contribution >= 0.6 is 0 Å². The van der Waals surface area contributed by atoms with Crippen molar-refractivity contribution >= 4 is 23.2 Å². The molecule has 2 saturated carbocycles. The third-order valence-electron chi connectivity index (χ3n) is 5.84.